The molecule has 14 heavy (non-hydrogen) atoms. The minimum atomic E-state index is -0.997. The van der Waals surface area contributed by atoms with Gasteiger partial charge >= 0.3 is 12.0 Å². The molecule has 0 saturated heterocycles. The van der Waals surface area contributed by atoms with Crippen LogP contribution in [-0.2, 0) is 4.79 Å². The minimum Gasteiger partial charge on any atom is -0.480 e. The highest BCUT2D eigenvalue weighted by atomic mass is 16.4. The van der Waals surface area contributed by atoms with Gasteiger partial charge in [0.25, 0.3) is 0 Å². The number of hydrogen-bond donors (Lipinski definition) is 3. The zero-order chi connectivity index (χ0) is 10.8. The summed E-state index contributed by atoms with van der Waals surface area (Å²) in [6.45, 7) is 3.66. The van der Waals surface area contributed by atoms with E-state index in [4.69, 9.17) is 5.11 Å². The van der Waals surface area contributed by atoms with Crippen molar-refractivity contribution >= 4 is 12.0 Å². The lowest BCUT2D eigenvalue weighted by molar-refractivity contribution is -0.139. The van der Waals surface area contributed by atoms with Crippen LogP contribution in [0.15, 0.2) is 0 Å². The minimum absolute atomic E-state index is 0.110. The molecule has 0 aliphatic heterocycles. The van der Waals surface area contributed by atoms with Crippen LogP contribution in [0.2, 0.25) is 0 Å². The van der Waals surface area contributed by atoms with E-state index in [0.29, 0.717) is 6.42 Å². The molecule has 0 unspecified atom stereocenters. The van der Waals surface area contributed by atoms with E-state index in [-0.39, 0.29) is 11.6 Å². The zero-order valence-electron chi connectivity index (χ0n) is 8.46. The van der Waals surface area contributed by atoms with Gasteiger partial charge in [-0.05, 0) is 26.2 Å². The van der Waals surface area contributed by atoms with Crippen molar-refractivity contribution in [2.75, 3.05) is 0 Å². The van der Waals surface area contributed by atoms with Gasteiger partial charge in [0.2, 0.25) is 0 Å². The van der Waals surface area contributed by atoms with Crippen LogP contribution in [0.1, 0.15) is 33.1 Å². The maximum Gasteiger partial charge on any atom is 0.326 e. The highest BCUT2D eigenvalue weighted by Crippen LogP contribution is 2.33. The summed E-state index contributed by atoms with van der Waals surface area (Å²) in [5, 5.41) is 13.8. The Kier molecular flexibility index (Phi) is 2.98. The highest BCUT2D eigenvalue weighted by Gasteiger charge is 2.39. The predicted molar refractivity (Wildman–Crippen MR) is 51.0 cm³/mol. The molecule has 0 aromatic heterocycles. The third-order valence-electron chi connectivity index (χ3n) is 2.43. The molecule has 0 spiro atoms. The van der Waals surface area contributed by atoms with Gasteiger partial charge in [-0.15, -0.1) is 0 Å². The molecule has 0 aromatic carbocycles. The SMILES string of the molecule is CC[C@H](NC(=O)NC1(C)CC1)C(=O)O. The topological polar surface area (TPSA) is 78.4 Å². The average Bonchev–Trinajstić information content (AvgIpc) is 2.78. The van der Waals surface area contributed by atoms with Gasteiger partial charge in [-0.1, -0.05) is 6.92 Å². The summed E-state index contributed by atoms with van der Waals surface area (Å²) in [5.41, 5.74) is -0.110. The third kappa shape index (κ3) is 2.90. The second-order valence-corrected chi connectivity index (χ2v) is 3.96. The number of carbonyl (C=O) groups is 2. The summed E-state index contributed by atoms with van der Waals surface area (Å²) in [5.74, 6) is -0.997. The van der Waals surface area contributed by atoms with E-state index in [2.05, 4.69) is 10.6 Å². The van der Waals surface area contributed by atoms with Gasteiger partial charge in [-0.2, -0.15) is 0 Å². The molecule has 5 heteroatoms. The Morgan fingerprint density at radius 2 is 2.07 bits per heavy atom. The Morgan fingerprint density at radius 1 is 1.50 bits per heavy atom. The number of carboxylic acids is 1. The van der Waals surface area contributed by atoms with Crippen molar-refractivity contribution in [3.63, 3.8) is 0 Å². The van der Waals surface area contributed by atoms with E-state index in [0.717, 1.165) is 12.8 Å². The number of urea groups is 1. The smallest absolute Gasteiger partial charge is 0.326 e. The molecule has 0 heterocycles. The van der Waals surface area contributed by atoms with E-state index in [9.17, 15) is 9.59 Å². The van der Waals surface area contributed by atoms with Gasteiger partial charge in [0, 0.05) is 5.54 Å². The maximum atomic E-state index is 11.3. The standard InChI is InChI=1S/C9H16N2O3/c1-3-6(7(12)13)10-8(14)11-9(2)4-5-9/h6H,3-5H2,1-2H3,(H,12,13)(H2,10,11,14)/t6-/m0/s1. The third-order valence-corrected chi connectivity index (χ3v) is 2.43. The first-order valence-electron chi connectivity index (χ1n) is 4.78. The number of hydrogen-bond acceptors (Lipinski definition) is 2. The van der Waals surface area contributed by atoms with Crippen LogP contribution in [0.5, 0.6) is 0 Å². The zero-order valence-corrected chi connectivity index (χ0v) is 8.46. The first-order chi connectivity index (χ1) is 6.47. The fourth-order valence-corrected chi connectivity index (χ4v) is 1.12. The Morgan fingerprint density at radius 3 is 2.43 bits per heavy atom. The molecular weight excluding hydrogens is 184 g/mol. The number of nitrogens with one attached hydrogen (secondary N) is 2. The van der Waals surface area contributed by atoms with Crippen LogP contribution in [0, 0.1) is 0 Å². The lowest BCUT2D eigenvalue weighted by Crippen LogP contribution is -2.48. The molecule has 1 rings (SSSR count). The van der Waals surface area contributed by atoms with Crippen LogP contribution >= 0.6 is 0 Å². The molecular formula is C9H16N2O3. The molecule has 1 atom stereocenters. The fourth-order valence-electron chi connectivity index (χ4n) is 1.12. The number of carbonyl (C=O) groups excluding carboxylic acids is 1. The first-order valence-corrected chi connectivity index (χ1v) is 4.78. The fraction of sp³-hybridized carbons (Fsp3) is 0.778. The molecule has 5 nitrogen and oxygen atoms in total. The number of aliphatic carboxylic acids is 1. The van der Waals surface area contributed by atoms with Gasteiger partial charge in [0.05, 0.1) is 0 Å². The van der Waals surface area contributed by atoms with Gasteiger partial charge in [0.15, 0.2) is 0 Å². The Balaban J connectivity index is 2.34. The maximum absolute atomic E-state index is 11.3. The van der Waals surface area contributed by atoms with Gasteiger partial charge in [-0.3, -0.25) is 0 Å². The van der Waals surface area contributed by atoms with Crippen molar-refractivity contribution in [3.05, 3.63) is 0 Å². The Labute approximate surface area is 82.9 Å². The molecule has 1 fully saturated rings. The number of rotatable bonds is 4. The van der Waals surface area contributed by atoms with Crippen LogP contribution in [0.25, 0.3) is 0 Å². The van der Waals surface area contributed by atoms with Crippen molar-refractivity contribution in [3.8, 4) is 0 Å². The molecule has 2 amide bonds. The molecule has 3 N–H and O–H groups in total. The summed E-state index contributed by atoms with van der Waals surface area (Å²) < 4.78 is 0. The normalized spacial score (nSPS) is 19.6. The second-order valence-electron chi connectivity index (χ2n) is 3.96. The Bertz CT molecular complexity index is 248. The van der Waals surface area contributed by atoms with Crippen molar-refractivity contribution in [2.45, 2.75) is 44.7 Å². The van der Waals surface area contributed by atoms with Gasteiger partial charge in [-0.25, -0.2) is 9.59 Å². The van der Waals surface area contributed by atoms with Crippen molar-refractivity contribution < 1.29 is 14.7 Å². The molecule has 1 aliphatic rings. The van der Waals surface area contributed by atoms with Gasteiger partial charge < -0.3 is 15.7 Å². The van der Waals surface area contributed by atoms with Gasteiger partial charge in [0.1, 0.15) is 6.04 Å². The van der Waals surface area contributed by atoms with E-state index in [1.54, 1.807) is 6.92 Å². The van der Waals surface area contributed by atoms with Crippen LogP contribution < -0.4 is 10.6 Å². The molecule has 0 aromatic rings. The van der Waals surface area contributed by atoms with E-state index in [1.165, 1.54) is 0 Å². The van der Waals surface area contributed by atoms with Crippen LogP contribution in [-0.4, -0.2) is 28.7 Å². The quantitative estimate of drug-likeness (QED) is 0.625. The lowest BCUT2D eigenvalue weighted by atomic mass is 10.2. The molecule has 1 saturated carbocycles. The monoisotopic (exact) mass is 200 g/mol. The molecule has 0 radical (unpaired) electrons. The van der Waals surface area contributed by atoms with E-state index >= 15 is 0 Å². The van der Waals surface area contributed by atoms with Crippen molar-refractivity contribution in [2.24, 2.45) is 0 Å². The second kappa shape index (κ2) is 3.86. The summed E-state index contributed by atoms with van der Waals surface area (Å²) in [6, 6.07) is -1.18. The number of carboxylic acid groups (broad SMARTS) is 1. The molecule has 0 bridgehead atoms. The van der Waals surface area contributed by atoms with Crippen molar-refractivity contribution in [1.82, 2.24) is 10.6 Å². The van der Waals surface area contributed by atoms with Crippen molar-refractivity contribution in [1.29, 1.82) is 0 Å². The summed E-state index contributed by atoms with van der Waals surface area (Å²) in [7, 11) is 0. The largest absolute Gasteiger partial charge is 0.480 e. The average molecular weight is 200 g/mol. The summed E-state index contributed by atoms with van der Waals surface area (Å²) in [4.78, 5) is 21.9. The van der Waals surface area contributed by atoms with E-state index < -0.39 is 12.0 Å². The van der Waals surface area contributed by atoms with Crippen LogP contribution in [0.3, 0.4) is 0 Å². The predicted octanol–water partition coefficient (Wildman–Crippen LogP) is 0.701. The highest BCUT2D eigenvalue weighted by molar-refractivity contribution is 5.82. The van der Waals surface area contributed by atoms with Crippen LogP contribution in [0.4, 0.5) is 4.79 Å². The summed E-state index contributed by atoms with van der Waals surface area (Å²) >= 11 is 0. The number of amides is 2. The molecule has 80 valence electrons. The summed E-state index contributed by atoms with van der Waals surface area (Å²) in [6.07, 6.45) is 2.31. The lowest BCUT2D eigenvalue weighted by Gasteiger charge is -2.16. The van der Waals surface area contributed by atoms with E-state index in [1.807, 2.05) is 6.92 Å². The Hall–Kier alpha value is -1.26. The molecule has 1 aliphatic carbocycles. The first kappa shape index (κ1) is 10.8.